The lowest BCUT2D eigenvalue weighted by molar-refractivity contribution is 0.0445. The first-order chi connectivity index (χ1) is 11.6. The molecule has 24 heavy (non-hydrogen) atoms. The van der Waals surface area contributed by atoms with E-state index >= 15 is 0 Å². The second kappa shape index (κ2) is 7.14. The van der Waals surface area contributed by atoms with Crippen molar-refractivity contribution in [3.63, 3.8) is 0 Å². The number of carbonyl (C=O) groups excluding carboxylic acids is 1. The summed E-state index contributed by atoms with van der Waals surface area (Å²) in [7, 11) is 0. The van der Waals surface area contributed by atoms with Gasteiger partial charge in [-0.1, -0.05) is 29.8 Å². The van der Waals surface area contributed by atoms with Gasteiger partial charge in [0.15, 0.2) is 5.69 Å². The smallest absolute Gasteiger partial charge is 0.359 e. The summed E-state index contributed by atoms with van der Waals surface area (Å²) >= 11 is 5.78. The number of halogens is 1. The lowest BCUT2D eigenvalue weighted by atomic mass is 10.1. The van der Waals surface area contributed by atoms with Gasteiger partial charge in [0.25, 0.3) is 5.56 Å². The molecule has 1 N–H and O–H groups in total. The summed E-state index contributed by atoms with van der Waals surface area (Å²) in [4.78, 5) is 23.8. The zero-order chi connectivity index (χ0) is 16.9. The summed E-state index contributed by atoms with van der Waals surface area (Å²) in [5, 5.41) is 7.53. The number of hydrogen-bond acceptors (Lipinski definition) is 5. The van der Waals surface area contributed by atoms with Crippen molar-refractivity contribution >= 4 is 28.3 Å². The van der Waals surface area contributed by atoms with Crippen LogP contribution in [-0.4, -0.2) is 29.4 Å². The van der Waals surface area contributed by atoms with E-state index in [0.29, 0.717) is 21.5 Å². The average Bonchev–Trinajstić information content (AvgIpc) is 2.60. The van der Waals surface area contributed by atoms with Crippen LogP contribution < -0.4 is 10.3 Å². The molecule has 0 fully saturated rings. The predicted octanol–water partition coefficient (Wildman–Crippen LogP) is 2.81. The Morgan fingerprint density at radius 3 is 2.50 bits per heavy atom. The monoisotopic (exact) mass is 344 g/mol. The van der Waals surface area contributed by atoms with Crippen molar-refractivity contribution in [1.82, 2.24) is 10.2 Å². The third kappa shape index (κ3) is 3.55. The lowest BCUT2D eigenvalue weighted by Crippen LogP contribution is -2.18. The Hall–Kier alpha value is -2.86. The van der Waals surface area contributed by atoms with E-state index in [2.05, 4.69) is 10.2 Å². The molecule has 7 heteroatoms. The van der Waals surface area contributed by atoms with Gasteiger partial charge in [-0.05, 0) is 30.3 Å². The minimum Gasteiger partial charge on any atom is -0.490 e. The van der Waals surface area contributed by atoms with Crippen LogP contribution in [0.4, 0.5) is 0 Å². The predicted molar refractivity (Wildman–Crippen MR) is 89.6 cm³/mol. The quantitative estimate of drug-likeness (QED) is 0.568. The number of rotatable bonds is 5. The summed E-state index contributed by atoms with van der Waals surface area (Å²) in [6, 6.07) is 13.6. The molecule has 6 nitrogen and oxygen atoms in total. The molecule has 0 atom stereocenters. The number of H-pyrrole nitrogens is 1. The largest absolute Gasteiger partial charge is 0.490 e. The van der Waals surface area contributed by atoms with Crippen LogP contribution in [0.3, 0.4) is 0 Å². The van der Waals surface area contributed by atoms with Gasteiger partial charge in [0.1, 0.15) is 19.0 Å². The molecule has 0 bridgehead atoms. The molecule has 1 aromatic heterocycles. The second-order valence-corrected chi connectivity index (χ2v) is 5.32. The highest BCUT2D eigenvalue weighted by Gasteiger charge is 2.15. The van der Waals surface area contributed by atoms with Crippen LogP contribution in [0.5, 0.6) is 5.75 Å². The minimum atomic E-state index is -0.623. The topological polar surface area (TPSA) is 81.3 Å². The molecule has 0 amide bonds. The molecular weight excluding hydrogens is 332 g/mol. The molecule has 0 saturated carbocycles. The van der Waals surface area contributed by atoms with E-state index in [0.717, 1.165) is 0 Å². The number of aromatic amines is 1. The van der Waals surface area contributed by atoms with E-state index < -0.39 is 5.97 Å². The highest BCUT2D eigenvalue weighted by Crippen LogP contribution is 2.16. The van der Waals surface area contributed by atoms with Crippen LogP contribution in [0.15, 0.2) is 53.3 Å². The summed E-state index contributed by atoms with van der Waals surface area (Å²) < 4.78 is 10.6. The molecule has 2 aromatic carbocycles. The summed E-state index contributed by atoms with van der Waals surface area (Å²) in [5.74, 6) is 0.00483. The van der Waals surface area contributed by atoms with Gasteiger partial charge in [0.2, 0.25) is 0 Å². The highest BCUT2D eigenvalue weighted by molar-refractivity contribution is 6.30. The van der Waals surface area contributed by atoms with Gasteiger partial charge in [0, 0.05) is 10.4 Å². The van der Waals surface area contributed by atoms with Crippen molar-refractivity contribution in [3.05, 3.63) is 69.6 Å². The Labute approximate surface area is 142 Å². The highest BCUT2D eigenvalue weighted by atomic mass is 35.5. The molecule has 0 saturated heterocycles. The number of benzene rings is 2. The van der Waals surface area contributed by atoms with Crippen molar-refractivity contribution < 1.29 is 14.3 Å². The molecule has 0 radical (unpaired) electrons. The van der Waals surface area contributed by atoms with E-state index in [1.807, 2.05) is 0 Å². The fourth-order valence-electron chi connectivity index (χ4n) is 2.16. The van der Waals surface area contributed by atoms with Crippen molar-refractivity contribution in [1.29, 1.82) is 0 Å². The molecule has 0 aliphatic heterocycles. The third-order valence-electron chi connectivity index (χ3n) is 3.29. The summed E-state index contributed by atoms with van der Waals surface area (Å²) in [5.41, 5.74) is -0.287. The van der Waals surface area contributed by atoms with E-state index in [4.69, 9.17) is 21.1 Å². The van der Waals surface area contributed by atoms with Gasteiger partial charge in [-0.3, -0.25) is 4.79 Å². The first-order valence-corrected chi connectivity index (χ1v) is 7.56. The van der Waals surface area contributed by atoms with Crippen LogP contribution in [0, 0.1) is 0 Å². The molecule has 0 spiro atoms. The maximum Gasteiger partial charge on any atom is 0.359 e. The minimum absolute atomic E-state index is 0.0522. The van der Waals surface area contributed by atoms with Crippen LogP contribution in [0.25, 0.3) is 10.8 Å². The fourth-order valence-corrected chi connectivity index (χ4v) is 2.29. The summed E-state index contributed by atoms with van der Waals surface area (Å²) in [6.45, 7) is 0.241. The molecule has 0 unspecified atom stereocenters. The molecule has 122 valence electrons. The van der Waals surface area contributed by atoms with Gasteiger partial charge in [-0.15, -0.1) is 0 Å². The first-order valence-electron chi connectivity index (χ1n) is 7.18. The second-order valence-electron chi connectivity index (χ2n) is 4.89. The molecule has 3 aromatic rings. The molecule has 0 aliphatic carbocycles. The van der Waals surface area contributed by atoms with Crippen molar-refractivity contribution in [2.24, 2.45) is 0 Å². The van der Waals surface area contributed by atoms with E-state index in [-0.39, 0.29) is 24.5 Å². The number of fused-ring (bicyclic) bond motifs is 1. The third-order valence-corrected chi connectivity index (χ3v) is 3.54. The van der Waals surface area contributed by atoms with Crippen LogP contribution >= 0.6 is 11.6 Å². The molecule has 3 rings (SSSR count). The fraction of sp³-hybridized carbons (Fsp3) is 0.118. The van der Waals surface area contributed by atoms with E-state index in [1.165, 1.54) is 0 Å². The Balaban J connectivity index is 1.62. The normalized spacial score (nSPS) is 10.5. The van der Waals surface area contributed by atoms with Crippen LogP contribution in [0.1, 0.15) is 10.5 Å². The van der Waals surface area contributed by atoms with Gasteiger partial charge < -0.3 is 9.47 Å². The number of nitrogens with zero attached hydrogens (tertiary/aromatic N) is 1. The SMILES string of the molecule is O=C(OCCOc1ccc(Cl)cc1)c1n[nH]c(=O)c2ccccc12. The first kappa shape index (κ1) is 16.0. The average molecular weight is 345 g/mol. The Morgan fingerprint density at radius 2 is 1.75 bits per heavy atom. The lowest BCUT2D eigenvalue weighted by Gasteiger charge is -2.08. The Morgan fingerprint density at radius 1 is 1.04 bits per heavy atom. The Kier molecular flexibility index (Phi) is 4.77. The number of ether oxygens (including phenoxy) is 2. The standard InChI is InChI=1S/C17H13ClN2O4/c18-11-5-7-12(8-6-11)23-9-10-24-17(22)15-13-3-1-2-4-14(13)16(21)20-19-15/h1-8H,9-10H2,(H,20,21). The van der Waals surface area contributed by atoms with E-state index in [1.54, 1.807) is 48.5 Å². The number of aromatic nitrogens is 2. The van der Waals surface area contributed by atoms with Crippen LogP contribution in [-0.2, 0) is 4.74 Å². The van der Waals surface area contributed by atoms with Gasteiger partial charge >= 0.3 is 5.97 Å². The molecular formula is C17H13ClN2O4. The van der Waals surface area contributed by atoms with Crippen molar-refractivity contribution in [3.8, 4) is 5.75 Å². The van der Waals surface area contributed by atoms with E-state index in [9.17, 15) is 9.59 Å². The van der Waals surface area contributed by atoms with Crippen molar-refractivity contribution in [2.45, 2.75) is 0 Å². The number of esters is 1. The summed E-state index contributed by atoms with van der Waals surface area (Å²) in [6.07, 6.45) is 0. The maximum atomic E-state index is 12.1. The molecule has 0 aliphatic rings. The Bertz CT molecular complexity index is 922. The van der Waals surface area contributed by atoms with Gasteiger partial charge in [-0.25, -0.2) is 9.89 Å². The van der Waals surface area contributed by atoms with Gasteiger partial charge in [0.05, 0.1) is 5.39 Å². The zero-order valence-electron chi connectivity index (χ0n) is 12.5. The van der Waals surface area contributed by atoms with Crippen LogP contribution in [0.2, 0.25) is 5.02 Å². The number of carbonyl (C=O) groups is 1. The van der Waals surface area contributed by atoms with Gasteiger partial charge in [-0.2, -0.15) is 5.10 Å². The molecule has 1 heterocycles. The maximum absolute atomic E-state index is 12.1. The zero-order valence-corrected chi connectivity index (χ0v) is 13.2. The number of nitrogens with one attached hydrogen (secondary N) is 1. The van der Waals surface area contributed by atoms with Crippen molar-refractivity contribution in [2.75, 3.05) is 13.2 Å². The number of hydrogen-bond donors (Lipinski definition) is 1.